The van der Waals surface area contributed by atoms with Crippen molar-refractivity contribution in [1.29, 1.82) is 0 Å². The van der Waals surface area contributed by atoms with E-state index >= 15 is 0 Å². The predicted molar refractivity (Wildman–Crippen MR) is 129 cm³/mol. The lowest BCUT2D eigenvalue weighted by Gasteiger charge is -2.20. The van der Waals surface area contributed by atoms with E-state index in [1.54, 1.807) is 11.8 Å². The Kier molecular flexibility index (Phi) is 8.77. The minimum atomic E-state index is -1.03. The molecule has 0 spiro atoms. The molecule has 176 valence electrons. The van der Waals surface area contributed by atoms with Crippen molar-refractivity contribution in [3.05, 3.63) is 59.7 Å². The van der Waals surface area contributed by atoms with E-state index in [9.17, 15) is 14.4 Å². The van der Waals surface area contributed by atoms with Gasteiger partial charge in [-0.1, -0.05) is 55.5 Å². The molecule has 2 atom stereocenters. The van der Waals surface area contributed by atoms with E-state index in [-0.39, 0.29) is 25.4 Å². The quantitative estimate of drug-likeness (QED) is 0.458. The average molecular weight is 471 g/mol. The predicted octanol–water partition coefficient (Wildman–Crippen LogP) is 4.02. The summed E-state index contributed by atoms with van der Waals surface area (Å²) in [4.78, 5) is 36.1. The van der Waals surface area contributed by atoms with Gasteiger partial charge in [-0.3, -0.25) is 9.59 Å². The van der Waals surface area contributed by atoms with Gasteiger partial charge in [0.05, 0.1) is 0 Å². The number of carboxylic acid groups (broad SMARTS) is 1. The summed E-state index contributed by atoms with van der Waals surface area (Å²) in [6.07, 6.45) is 1.80. The van der Waals surface area contributed by atoms with Crippen LogP contribution in [-0.4, -0.2) is 53.8 Å². The van der Waals surface area contributed by atoms with Gasteiger partial charge in [0, 0.05) is 24.1 Å². The summed E-state index contributed by atoms with van der Waals surface area (Å²) in [5.41, 5.74) is 4.43. The van der Waals surface area contributed by atoms with Gasteiger partial charge in [0.2, 0.25) is 5.91 Å². The standard InChI is InChI=1S/C25H30N2O5S/c1-16(33-2)13-14-26-24(30)22(11-12-23(28)29)27-25(31)32-15-21-19-9-5-3-7-17(19)18-8-4-6-10-20(18)21/h3-10,16,21-22H,11-15H2,1-2H3,(H,26,30)(H,27,31)(H,28,29). The molecule has 0 saturated heterocycles. The second-order valence-electron chi connectivity index (χ2n) is 8.08. The van der Waals surface area contributed by atoms with Crippen molar-refractivity contribution in [1.82, 2.24) is 10.6 Å². The van der Waals surface area contributed by atoms with Gasteiger partial charge in [0.1, 0.15) is 12.6 Å². The van der Waals surface area contributed by atoms with E-state index < -0.39 is 24.0 Å². The van der Waals surface area contributed by atoms with Crippen molar-refractivity contribution in [3.8, 4) is 11.1 Å². The highest BCUT2D eigenvalue weighted by molar-refractivity contribution is 7.99. The number of carbonyl (C=O) groups is 3. The lowest BCUT2D eigenvalue weighted by Crippen LogP contribution is -2.47. The number of rotatable bonds is 11. The molecule has 0 aromatic heterocycles. The van der Waals surface area contributed by atoms with Crippen molar-refractivity contribution in [2.45, 2.75) is 43.4 Å². The molecule has 1 aliphatic carbocycles. The van der Waals surface area contributed by atoms with Crippen LogP contribution in [0.1, 0.15) is 43.2 Å². The Labute approximate surface area is 198 Å². The lowest BCUT2D eigenvalue weighted by molar-refractivity contribution is -0.137. The van der Waals surface area contributed by atoms with Crippen LogP contribution in [0.2, 0.25) is 0 Å². The summed E-state index contributed by atoms with van der Waals surface area (Å²) >= 11 is 1.70. The molecule has 2 amide bonds. The largest absolute Gasteiger partial charge is 0.481 e. The number of carboxylic acids is 1. The molecule has 0 fully saturated rings. The zero-order chi connectivity index (χ0) is 23.8. The number of benzene rings is 2. The first-order chi connectivity index (χ1) is 15.9. The highest BCUT2D eigenvalue weighted by Crippen LogP contribution is 2.44. The van der Waals surface area contributed by atoms with Crippen molar-refractivity contribution >= 4 is 29.7 Å². The molecule has 0 radical (unpaired) electrons. The number of amides is 2. The number of hydrogen-bond donors (Lipinski definition) is 3. The number of carbonyl (C=O) groups excluding carboxylic acids is 2. The third-order valence-corrected chi connectivity index (χ3v) is 6.89. The molecule has 0 bridgehead atoms. The Morgan fingerprint density at radius 1 is 1.03 bits per heavy atom. The third kappa shape index (κ3) is 6.51. The van der Waals surface area contributed by atoms with Crippen LogP contribution in [0.25, 0.3) is 11.1 Å². The Balaban J connectivity index is 1.60. The number of aliphatic carboxylic acids is 1. The maximum absolute atomic E-state index is 12.6. The number of ether oxygens (including phenoxy) is 1. The normalized spacial score (nSPS) is 14.0. The van der Waals surface area contributed by atoms with Crippen LogP contribution in [0.15, 0.2) is 48.5 Å². The van der Waals surface area contributed by atoms with Gasteiger partial charge in [-0.05, 0) is 41.4 Å². The summed E-state index contributed by atoms with van der Waals surface area (Å²) in [5, 5.41) is 14.7. The van der Waals surface area contributed by atoms with E-state index in [2.05, 4.69) is 29.7 Å². The average Bonchev–Trinajstić information content (AvgIpc) is 3.13. The van der Waals surface area contributed by atoms with Gasteiger partial charge >= 0.3 is 12.1 Å². The van der Waals surface area contributed by atoms with Crippen LogP contribution >= 0.6 is 11.8 Å². The molecule has 2 aromatic rings. The van der Waals surface area contributed by atoms with E-state index in [1.807, 2.05) is 42.7 Å². The smallest absolute Gasteiger partial charge is 0.407 e. The number of alkyl carbamates (subject to hydrolysis) is 1. The number of thioether (sulfide) groups is 1. The number of hydrogen-bond acceptors (Lipinski definition) is 5. The summed E-state index contributed by atoms with van der Waals surface area (Å²) in [5.74, 6) is -1.53. The first-order valence-electron chi connectivity index (χ1n) is 11.0. The van der Waals surface area contributed by atoms with Crippen LogP contribution in [0.4, 0.5) is 4.79 Å². The van der Waals surface area contributed by atoms with E-state index in [0.29, 0.717) is 11.8 Å². The van der Waals surface area contributed by atoms with Gasteiger partial charge in [-0.15, -0.1) is 0 Å². The molecule has 3 rings (SSSR count). The molecule has 3 N–H and O–H groups in total. The molecule has 2 unspecified atom stereocenters. The van der Waals surface area contributed by atoms with Gasteiger partial charge in [0.15, 0.2) is 0 Å². The zero-order valence-corrected chi connectivity index (χ0v) is 19.7. The highest BCUT2D eigenvalue weighted by atomic mass is 32.2. The summed E-state index contributed by atoms with van der Waals surface area (Å²) < 4.78 is 5.51. The second-order valence-corrected chi connectivity index (χ2v) is 9.36. The molecular weight excluding hydrogens is 440 g/mol. The molecular formula is C25H30N2O5S. The molecule has 0 saturated carbocycles. The van der Waals surface area contributed by atoms with Crippen LogP contribution in [-0.2, 0) is 14.3 Å². The van der Waals surface area contributed by atoms with Crippen molar-refractivity contribution in [3.63, 3.8) is 0 Å². The molecule has 1 aliphatic rings. The van der Waals surface area contributed by atoms with Crippen LogP contribution in [0, 0.1) is 0 Å². The van der Waals surface area contributed by atoms with Crippen LogP contribution in [0.5, 0.6) is 0 Å². The van der Waals surface area contributed by atoms with Crippen LogP contribution in [0.3, 0.4) is 0 Å². The SMILES string of the molecule is CSC(C)CCNC(=O)C(CCC(=O)O)NC(=O)OCC1c2ccccc2-c2ccccc21. The lowest BCUT2D eigenvalue weighted by atomic mass is 9.98. The fourth-order valence-electron chi connectivity index (χ4n) is 3.96. The Morgan fingerprint density at radius 3 is 2.21 bits per heavy atom. The second kappa shape index (κ2) is 11.7. The van der Waals surface area contributed by atoms with Crippen molar-refractivity contribution in [2.75, 3.05) is 19.4 Å². The molecule has 0 heterocycles. The number of nitrogens with one attached hydrogen (secondary N) is 2. The zero-order valence-electron chi connectivity index (χ0n) is 18.9. The highest BCUT2D eigenvalue weighted by Gasteiger charge is 2.30. The fraction of sp³-hybridized carbons (Fsp3) is 0.400. The van der Waals surface area contributed by atoms with Gasteiger partial charge in [0.25, 0.3) is 0 Å². The molecule has 8 heteroatoms. The van der Waals surface area contributed by atoms with Crippen molar-refractivity contribution < 1.29 is 24.2 Å². The maximum Gasteiger partial charge on any atom is 0.407 e. The number of fused-ring (bicyclic) bond motifs is 3. The minimum Gasteiger partial charge on any atom is -0.481 e. The summed E-state index contributed by atoms with van der Waals surface area (Å²) in [6, 6.07) is 15.1. The van der Waals surface area contributed by atoms with Crippen molar-refractivity contribution in [2.24, 2.45) is 0 Å². The summed E-state index contributed by atoms with van der Waals surface area (Å²) in [6.45, 7) is 2.64. The Bertz CT molecular complexity index is 951. The van der Waals surface area contributed by atoms with Crippen LogP contribution < -0.4 is 10.6 Å². The Hall–Kier alpha value is -3.00. The maximum atomic E-state index is 12.6. The monoisotopic (exact) mass is 470 g/mol. The van der Waals surface area contributed by atoms with Gasteiger partial charge < -0.3 is 20.5 Å². The summed E-state index contributed by atoms with van der Waals surface area (Å²) in [7, 11) is 0. The molecule has 7 nitrogen and oxygen atoms in total. The molecule has 33 heavy (non-hydrogen) atoms. The Morgan fingerprint density at radius 2 is 1.64 bits per heavy atom. The minimum absolute atomic E-state index is 0.0105. The van der Waals surface area contributed by atoms with Gasteiger partial charge in [-0.2, -0.15) is 11.8 Å². The van der Waals surface area contributed by atoms with E-state index in [1.165, 1.54) is 0 Å². The first-order valence-corrected chi connectivity index (χ1v) is 12.3. The third-order valence-electron chi connectivity index (χ3n) is 5.85. The fourth-order valence-corrected chi connectivity index (χ4v) is 4.31. The topological polar surface area (TPSA) is 105 Å². The molecule has 2 aromatic carbocycles. The molecule has 0 aliphatic heterocycles. The first kappa shape index (κ1) is 24.6. The van der Waals surface area contributed by atoms with Gasteiger partial charge in [-0.25, -0.2) is 4.79 Å². The van der Waals surface area contributed by atoms with E-state index in [0.717, 1.165) is 28.7 Å². The van der Waals surface area contributed by atoms with E-state index in [4.69, 9.17) is 9.84 Å².